The summed E-state index contributed by atoms with van der Waals surface area (Å²) in [6, 6.07) is 21.2. The molecule has 0 radical (unpaired) electrons. The van der Waals surface area contributed by atoms with Crippen LogP contribution in [0.15, 0.2) is 85.3 Å². The van der Waals surface area contributed by atoms with Crippen LogP contribution >= 0.6 is 0 Å². The SMILES string of the molecule is CC(C)(C)OC(=O)NC(C)(C)C(=O)C[C@H](COCc1ccccc1)C(=O)Nc1cn(C(C(=O)O)c2cccc3ccccc23)cn1. The molecule has 4 rings (SSSR count). The predicted octanol–water partition coefficient (Wildman–Crippen LogP) is 5.74. The average molecular weight is 629 g/mol. The zero-order chi connectivity index (χ0) is 33.5. The van der Waals surface area contributed by atoms with Crippen molar-refractivity contribution in [3.63, 3.8) is 0 Å². The van der Waals surface area contributed by atoms with Crippen LogP contribution < -0.4 is 10.6 Å². The van der Waals surface area contributed by atoms with Crippen LogP contribution in [0.4, 0.5) is 10.6 Å². The summed E-state index contributed by atoms with van der Waals surface area (Å²) in [4.78, 5) is 56.1. The number of nitrogens with zero attached hydrogens (tertiary/aromatic N) is 2. The molecule has 4 aromatic rings. The summed E-state index contributed by atoms with van der Waals surface area (Å²) in [5.74, 6) is -2.88. The second-order valence-electron chi connectivity index (χ2n) is 12.6. The average Bonchev–Trinajstić information content (AvgIpc) is 3.43. The van der Waals surface area contributed by atoms with Crippen molar-refractivity contribution in [2.75, 3.05) is 11.9 Å². The number of hydrogen-bond acceptors (Lipinski definition) is 7. The second-order valence-corrected chi connectivity index (χ2v) is 12.6. The molecule has 11 heteroatoms. The van der Waals surface area contributed by atoms with E-state index < -0.39 is 46.9 Å². The van der Waals surface area contributed by atoms with Crippen molar-refractivity contribution in [2.45, 2.75) is 64.8 Å². The number of benzene rings is 3. The topological polar surface area (TPSA) is 149 Å². The van der Waals surface area contributed by atoms with Crippen LogP contribution in [0.2, 0.25) is 0 Å². The van der Waals surface area contributed by atoms with E-state index in [0.29, 0.717) is 5.56 Å². The number of hydrogen-bond donors (Lipinski definition) is 3. The fourth-order valence-electron chi connectivity index (χ4n) is 4.91. The summed E-state index contributed by atoms with van der Waals surface area (Å²) in [7, 11) is 0. The molecule has 0 saturated heterocycles. The zero-order valence-corrected chi connectivity index (χ0v) is 26.7. The molecule has 242 valence electrons. The summed E-state index contributed by atoms with van der Waals surface area (Å²) < 4.78 is 12.6. The highest BCUT2D eigenvalue weighted by Gasteiger charge is 2.35. The summed E-state index contributed by atoms with van der Waals surface area (Å²) in [6.07, 6.45) is 1.78. The number of imidazole rings is 1. The Morgan fingerprint density at radius 1 is 0.913 bits per heavy atom. The lowest BCUT2D eigenvalue weighted by molar-refractivity contribution is -0.139. The zero-order valence-electron chi connectivity index (χ0n) is 26.7. The molecule has 0 spiro atoms. The largest absolute Gasteiger partial charge is 0.479 e. The van der Waals surface area contributed by atoms with Gasteiger partial charge in [0.25, 0.3) is 0 Å². The van der Waals surface area contributed by atoms with E-state index in [4.69, 9.17) is 9.47 Å². The number of carbonyl (C=O) groups excluding carboxylic acids is 3. The summed E-state index contributed by atoms with van der Waals surface area (Å²) in [6.45, 7) is 8.36. The van der Waals surface area contributed by atoms with Gasteiger partial charge in [0.2, 0.25) is 5.91 Å². The Bertz CT molecular complexity index is 1690. The Kier molecular flexibility index (Phi) is 10.6. The van der Waals surface area contributed by atoms with Gasteiger partial charge in [0.05, 0.1) is 31.0 Å². The third kappa shape index (κ3) is 9.01. The number of aromatic nitrogens is 2. The van der Waals surface area contributed by atoms with Crippen molar-refractivity contribution in [2.24, 2.45) is 5.92 Å². The van der Waals surface area contributed by atoms with Crippen molar-refractivity contribution < 1.29 is 33.8 Å². The highest BCUT2D eigenvalue weighted by molar-refractivity contribution is 5.98. The van der Waals surface area contributed by atoms with Crippen molar-refractivity contribution in [3.8, 4) is 0 Å². The lowest BCUT2D eigenvalue weighted by Gasteiger charge is -2.28. The Morgan fingerprint density at radius 3 is 2.28 bits per heavy atom. The van der Waals surface area contributed by atoms with Crippen LogP contribution in [0.25, 0.3) is 10.8 Å². The molecule has 1 heterocycles. The molecule has 3 aromatic carbocycles. The van der Waals surface area contributed by atoms with E-state index in [2.05, 4.69) is 15.6 Å². The number of nitrogens with one attached hydrogen (secondary N) is 2. The molecule has 3 N–H and O–H groups in total. The highest BCUT2D eigenvalue weighted by Crippen LogP contribution is 2.28. The second kappa shape index (κ2) is 14.4. The van der Waals surface area contributed by atoms with Gasteiger partial charge < -0.3 is 29.8 Å². The van der Waals surface area contributed by atoms with Crippen molar-refractivity contribution in [1.82, 2.24) is 14.9 Å². The molecule has 0 aliphatic rings. The molecular formula is C35H40N4O7. The molecule has 46 heavy (non-hydrogen) atoms. The maximum absolute atomic E-state index is 13.6. The Hall–Kier alpha value is -5.03. The van der Waals surface area contributed by atoms with Gasteiger partial charge in [-0.2, -0.15) is 0 Å². The van der Waals surface area contributed by atoms with E-state index in [0.717, 1.165) is 16.3 Å². The van der Waals surface area contributed by atoms with E-state index in [-0.39, 0.29) is 25.5 Å². The number of amides is 2. The van der Waals surface area contributed by atoms with Gasteiger partial charge in [-0.1, -0.05) is 72.8 Å². The number of carboxylic acid groups (broad SMARTS) is 1. The Balaban J connectivity index is 1.52. The molecule has 0 fully saturated rings. The molecule has 0 bridgehead atoms. The van der Waals surface area contributed by atoms with E-state index in [9.17, 15) is 24.3 Å². The van der Waals surface area contributed by atoms with Crippen LogP contribution in [0.5, 0.6) is 0 Å². The van der Waals surface area contributed by atoms with E-state index in [1.165, 1.54) is 17.1 Å². The standard InChI is InChI=1S/C35H40N4O7/c1-34(2,3)46-33(44)38-35(4,5)28(40)18-25(21-45-20-23-12-7-6-8-13-23)31(41)37-29-19-39(22-36-29)30(32(42)43)27-17-11-15-24-14-9-10-16-26(24)27/h6-17,19,22,25,30H,18,20-21H2,1-5H3,(H,37,41)(H,38,44)(H,42,43)/t25-,30?/m1/s1. The molecule has 11 nitrogen and oxygen atoms in total. The number of fused-ring (bicyclic) bond motifs is 1. The Labute approximate surface area is 267 Å². The summed E-state index contributed by atoms with van der Waals surface area (Å²) >= 11 is 0. The number of carboxylic acids is 1. The number of ketones is 1. The van der Waals surface area contributed by atoms with Crippen molar-refractivity contribution in [1.29, 1.82) is 0 Å². The molecule has 0 saturated carbocycles. The number of ether oxygens (including phenoxy) is 2. The molecule has 0 aliphatic carbocycles. The van der Waals surface area contributed by atoms with E-state index in [1.807, 2.05) is 60.7 Å². The number of alkyl carbamates (subject to hydrolysis) is 1. The number of rotatable bonds is 13. The molecular weight excluding hydrogens is 588 g/mol. The lowest BCUT2D eigenvalue weighted by atomic mass is 9.90. The maximum atomic E-state index is 13.6. The van der Waals surface area contributed by atoms with Crippen molar-refractivity contribution in [3.05, 3.63) is 96.4 Å². The van der Waals surface area contributed by atoms with Crippen molar-refractivity contribution >= 4 is 40.3 Å². The van der Waals surface area contributed by atoms with Gasteiger partial charge in [0.1, 0.15) is 5.60 Å². The van der Waals surface area contributed by atoms with Crippen LogP contribution in [0, 0.1) is 5.92 Å². The maximum Gasteiger partial charge on any atom is 0.408 e. The number of carbonyl (C=O) groups is 4. The lowest BCUT2D eigenvalue weighted by Crippen LogP contribution is -2.52. The fraction of sp³-hybridized carbons (Fsp3) is 0.343. The van der Waals surface area contributed by atoms with Gasteiger partial charge in [-0.05, 0) is 56.5 Å². The third-order valence-electron chi connectivity index (χ3n) is 7.25. The monoisotopic (exact) mass is 628 g/mol. The molecule has 1 unspecified atom stereocenters. The predicted molar refractivity (Wildman–Crippen MR) is 173 cm³/mol. The fourth-order valence-corrected chi connectivity index (χ4v) is 4.91. The smallest absolute Gasteiger partial charge is 0.408 e. The third-order valence-corrected chi connectivity index (χ3v) is 7.25. The quantitative estimate of drug-likeness (QED) is 0.170. The van der Waals surface area contributed by atoms with Gasteiger partial charge in [-0.25, -0.2) is 14.6 Å². The minimum Gasteiger partial charge on any atom is -0.479 e. The molecule has 2 atom stereocenters. The first-order valence-corrected chi connectivity index (χ1v) is 14.9. The van der Waals surface area contributed by atoms with Crippen LogP contribution in [0.3, 0.4) is 0 Å². The minimum atomic E-state index is -1.34. The van der Waals surface area contributed by atoms with E-state index in [1.54, 1.807) is 46.8 Å². The number of Topliss-reactive ketones (excluding diaryl/α,β-unsaturated/α-hetero) is 1. The normalized spacial score (nSPS) is 13.1. The van der Waals surface area contributed by atoms with E-state index >= 15 is 0 Å². The first-order chi connectivity index (χ1) is 21.7. The van der Waals surface area contributed by atoms with Gasteiger partial charge in [-0.3, -0.25) is 9.59 Å². The molecule has 2 amide bonds. The van der Waals surface area contributed by atoms with Crippen LogP contribution in [-0.4, -0.2) is 56.2 Å². The van der Waals surface area contributed by atoms with Crippen LogP contribution in [0.1, 0.15) is 58.2 Å². The number of anilines is 1. The Morgan fingerprint density at radius 2 is 1.59 bits per heavy atom. The highest BCUT2D eigenvalue weighted by atomic mass is 16.6. The summed E-state index contributed by atoms with van der Waals surface area (Å²) in [5, 5.41) is 17.2. The van der Waals surface area contributed by atoms with Crippen LogP contribution in [-0.2, 0) is 30.5 Å². The first kappa shape index (κ1) is 33.9. The minimum absolute atomic E-state index is 0.0938. The molecule has 1 aromatic heterocycles. The molecule has 0 aliphatic heterocycles. The summed E-state index contributed by atoms with van der Waals surface area (Å²) in [5.41, 5.74) is -0.632. The first-order valence-electron chi connectivity index (χ1n) is 14.9. The van der Waals surface area contributed by atoms with Gasteiger partial charge >= 0.3 is 12.1 Å². The van der Waals surface area contributed by atoms with Gasteiger partial charge in [0, 0.05) is 12.6 Å². The van der Waals surface area contributed by atoms with Gasteiger partial charge in [0.15, 0.2) is 17.6 Å². The number of aliphatic carboxylic acids is 1. The van der Waals surface area contributed by atoms with Gasteiger partial charge in [-0.15, -0.1) is 0 Å².